The molecular formula is C14H20N2O. The molecule has 92 valence electrons. The van der Waals surface area contributed by atoms with Crippen molar-refractivity contribution in [2.45, 2.75) is 26.2 Å². The van der Waals surface area contributed by atoms with Crippen LogP contribution in [0.1, 0.15) is 30.9 Å². The Morgan fingerprint density at radius 3 is 2.82 bits per heavy atom. The lowest BCUT2D eigenvalue weighted by molar-refractivity contribution is 0.263. The molecule has 2 rings (SSSR count). The van der Waals surface area contributed by atoms with Crippen molar-refractivity contribution in [1.82, 2.24) is 4.90 Å². The third-order valence-corrected chi connectivity index (χ3v) is 3.25. The third-order valence-electron chi connectivity index (χ3n) is 3.25. The Kier molecular flexibility index (Phi) is 3.48. The molecule has 0 amide bonds. The summed E-state index contributed by atoms with van der Waals surface area (Å²) in [7, 11) is 1.98. The van der Waals surface area contributed by atoms with Crippen LogP contribution in [0.3, 0.4) is 0 Å². The molecule has 0 radical (unpaired) electrons. The zero-order valence-corrected chi connectivity index (χ0v) is 10.8. The van der Waals surface area contributed by atoms with Crippen LogP contribution in [0.25, 0.3) is 0 Å². The van der Waals surface area contributed by atoms with E-state index < -0.39 is 0 Å². The van der Waals surface area contributed by atoms with E-state index in [-0.39, 0.29) is 6.61 Å². The minimum Gasteiger partial charge on any atom is -0.395 e. The largest absolute Gasteiger partial charge is 0.395 e. The molecule has 0 aromatic heterocycles. The maximum atomic E-state index is 8.93. The number of nitrogens with zero attached hydrogens (tertiary/aromatic N) is 2. The van der Waals surface area contributed by atoms with Crippen LogP contribution in [-0.2, 0) is 6.42 Å². The van der Waals surface area contributed by atoms with Crippen molar-refractivity contribution in [1.29, 1.82) is 0 Å². The molecule has 1 aromatic carbocycles. The van der Waals surface area contributed by atoms with Gasteiger partial charge in [0.15, 0.2) is 0 Å². The molecule has 0 aliphatic carbocycles. The van der Waals surface area contributed by atoms with Gasteiger partial charge in [-0.3, -0.25) is 0 Å². The fourth-order valence-corrected chi connectivity index (χ4v) is 2.04. The van der Waals surface area contributed by atoms with Gasteiger partial charge in [0, 0.05) is 20.0 Å². The summed E-state index contributed by atoms with van der Waals surface area (Å²) >= 11 is 0. The number of aliphatic imine (C=N–C) groups is 1. The van der Waals surface area contributed by atoms with Crippen LogP contribution in [0.2, 0.25) is 0 Å². The van der Waals surface area contributed by atoms with E-state index in [0.717, 1.165) is 17.9 Å². The number of fused-ring (bicyclic) bond motifs is 1. The molecule has 0 saturated carbocycles. The maximum absolute atomic E-state index is 8.93. The van der Waals surface area contributed by atoms with E-state index in [0.29, 0.717) is 12.5 Å². The first-order valence-corrected chi connectivity index (χ1v) is 6.14. The van der Waals surface area contributed by atoms with E-state index in [1.807, 2.05) is 11.9 Å². The summed E-state index contributed by atoms with van der Waals surface area (Å²) in [5, 5.41) is 8.93. The van der Waals surface area contributed by atoms with Crippen LogP contribution in [0.5, 0.6) is 0 Å². The average Bonchev–Trinajstić information content (AvgIpc) is 2.71. The molecule has 0 saturated heterocycles. The highest BCUT2D eigenvalue weighted by Crippen LogP contribution is 2.30. The molecule has 1 aromatic rings. The molecule has 0 atom stereocenters. The second-order valence-electron chi connectivity index (χ2n) is 4.89. The first-order valence-electron chi connectivity index (χ1n) is 6.14. The number of likely N-dealkylation sites (N-methyl/N-ethyl adjacent to an activating group) is 1. The standard InChI is InChI=1S/C14H20N2O/c1-10(2)11-4-5-12-9-14(15-13(12)8-11)16(3)6-7-17/h4-5,8,10,17H,6-7,9H2,1-3H3. The Morgan fingerprint density at radius 2 is 2.18 bits per heavy atom. The molecule has 0 fully saturated rings. The number of amidine groups is 1. The van der Waals surface area contributed by atoms with E-state index in [2.05, 4.69) is 37.0 Å². The second-order valence-corrected chi connectivity index (χ2v) is 4.89. The highest BCUT2D eigenvalue weighted by molar-refractivity contribution is 5.92. The molecule has 1 aliphatic rings. The Bertz CT molecular complexity index is 438. The van der Waals surface area contributed by atoms with Gasteiger partial charge < -0.3 is 10.0 Å². The second kappa shape index (κ2) is 4.88. The van der Waals surface area contributed by atoms with Gasteiger partial charge >= 0.3 is 0 Å². The van der Waals surface area contributed by atoms with Crippen molar-refractivity contribution in [3.8, 4) is 0 Å². The predicted molar refractivity (Wildman–Crippen MR) is 71.0 cm³/mol. The molecule has 0 bridgehead atoms. The summed E-state index contributed by atoms with van der Waals surface area (Å²) in [4.78, 5) is 6.67. The molecule has 3 heteroatoms. The van der Waals surface area contributed by atoms with Crippen molar-refractivity contribution in [2.75, 3.05) is 20.2 Å². The lowest BCUT2D eigenvalue weighted by atomic mass is 10.0. The average molecular weight is 232 g/mol. The van der Waals surface area contributed by atoms with Crippen LogP contribution in [0, 0.1) is 0 Å². The van der Waals surface area contributed by atoms with Gasteiger partial charge in [0.2, 0.25) is 0 Å². The maximum Gasteiger partial charge on any atom is 0.109 e. The monoisotopic (exact) mass is 232 g/mol. The summed E-state index contributed by atoms with van der Waals surface area (Å²) in [5.74, 6) is 1.59. The van der Waals surface area contributed by atoms with E-state index in [9.17, 15) is 0 Å². The zero-order chi connectivity index (χ0) is 12.4. The quantitative estimate of drug-likeness (QED) is 0.868. The summed E-state index contributed by atoms with van der Waals surface area (Å²) < 4.78 is 0. The number of aliphatic hydroxyl groups excluding tert-OH is 1. The fraction of sp³-hybridized carbons (Fsp3) is 0.500. The van der Waals surface area contributed by atoms with Crippen LogP contribution in [-0.4, -0.2) is 36.0 Å². The summed E-state index contributed by atoms with van der Waals surface area (Å²) in [5.41, 5.74) is 3.71. The SMILES string of the molecule is CC(C)c1ccc2c(c1)N=C(N(C)CCO)C2. The van der Waals surface area contributed by atoms with E-state index in [4.69, 9.17) is 5.11 Å². The van der Waals surface area contributed by atoms with Gasteiger partial charge in [-0.15, -0.1) is 0 Å². The van der Waals surface area contributed by atoms with E-state index in [1.54, 1.807) is 0 Å². The smallest absolute Gasteiger partial charge is 0.109 e. The van der Waals surface area contributed by atoms with Crippen molar-refractivity contribution in [2.24, 2.45) is 4.99 Å². The highest BCUT2D eigenvalue weighted by atomic mass is 16.3. The van der Waals surface area contributed by atoms with Gasteiger partial charge in [-0.1, -0.05) is 26.0 Å². The fourth-order valence-electron chi connectivity index (χ4n) is 2.04. The number of aliphatic hydroxyl groups is 1. The molecule has 0 unspecified atom stereocenters. The van der Waals surface area contributed by atoms with Crippen molar-refractivity contribution >= 4 is 11.5 Å². The molecule has 1 heterocycles. The molecule has 0 spiro atoms. The van der Waals surface area contributed by atoms with E-state index in [1.165, 1.54) is 11.1 Å². The normalized spacial score (nSPS) is 13.8. The molecule has 1 N–H and O–H groups in total. The Morgan fingerprint density at radius 1 is 1.41 bits per heavy atom. The zero-order valence-electron chi connectivity index (χ0n) is 10.8. The first kappa shape index (κ1) is 12.1. The Balaban J connectivity index is 2.21. The van der Waals surface area contributed by atoms with E-state index >= 15 is 0 Å². The summed E-state index contributed by atoms with van der Waals surface area (Å²) in [6.45, 7) is 5.20. The summed E-state index contributed by atoms with van der Waals surface area (Å²) in [6.07, 6.45) is 0.879. The molecule has 17 heavy (non-hydrogen) atoms. The van der Waals surface area contributed by atoms with Gasteiger partial charge in [0.05, 0.1) is 12.3 Å². The van der Waals surface area contributed by atoms with Crippen molar-refractivity contribution in [3.05, 3.63) is 29.3 Å². The lowest BCUT2D eigenvalue weighted by Gasteiger charge is -2.16. The number of benzene rings is 1. The number of hydrogen-bond donors (Lipinski definition) is 1. The van der Waals surface area contributed by atoms with Gasteiger partial charge in [-0.2, -0.15) is 0 Å². The van der Waals surface area contributed by atoms with Crippen LogP contribution < -0.4 is 0 Å². The third kappa shape index (κ3) is 2.50. The van der Waals surface area contributed by atoms with Crippen LogP contribution >= 0.6 is 0 Å². The topological polar surface area (TPSA) is 35.8 Å². The van der Waals surface area contributed by atoms with Gasteiger partial charge in [-0.25, -0.2) is 4.99 Å². The lowest BCUT2D eigenvalue weighted by Crippen LogP contribution is -2.29. The first-order chi connectivity index (χ1) is 8.11. The van der Waals surface area contributed by atoms with Crippen molar-refractivity contribution < 1.29 is 5.11 Å². The van der Waals surface area contributed by atoms with Crippen molar-refractivity contribution in [3.63, 3.8) is 0 Å². The number of rotatable bonds is 3. The van der Waals surface area contributed by atoms with Crippen LogP contribution in [0.4, 0.5) is 5.69 Å². The molecule has 3 nitrogen and oxygen atoms in total. The Hall–Kier alpha value is -1.35. The number of hydrogen-bond acceptors (Lipinski definition) is 3. The summed E-state index contributed by atoms with van der Waals surface area (Å²) in [6, 6.07) is 6.54. The minimum atomic E-state index is 0.170. The Labute approximate surface area is 103 Å². The van der Waals surface area contributed by atoms with Crippen LogP contribution in [0.15, 0.2) is 23.2 Å². The molecule has 1 aliphatic heterocycles. The van der Waals surface area contributed by atoms with Gasteiger partial charge in [0.25, 0.3) is 0 Å². The minimum absolute atomic E-state index is 0.170. The highest BCUT2D eigenvalue weighted by Gasteiger charge is 2.18. The predicted octanol–water partition coefficient (Wildman–Crippen LogP) is 2.32. The molecular weight excluding hydrogens is 212 g/mol. The van der Waals surface area contributed by atoms with Gasteiger partial charge in [0.1, 0.15) is 5.84 Å². The van der Waals surface area contributed by atoms with Gasteiger partial charge in [-0.05, 0) is 23.1 Å².